The van der Waals surface area contributed by atoms with Gasteiger partial charge in [0, 0.05) is 21.8 Å². The predicted molar refractivity (Wildman–Crippen MR) is 128 cm³/mol. The van der Waals surface area contributed by atoms with Crippen molar-refractivity contribution in [2.45, 2.75) is 13.2 Å². The minimum Gasteiger partial charge on any atom is -0.487 e. The largest absolute Gasteiger partial charge is 0.487 e. The molecule has 3 aromatic carbocycles. The van der Waals surface area contributed by atoms with Crippen LogP contribution in [0.3, 0.4) is 0 Å². The monoisotopic (exact) mass is 485 g/mol. The lowest BCUT2D eigenvalue weighted by atomic mass is 10.1. The molecule has 0 bridgehead atoms. The fourth-order valence-corrected chi connectivity index (χ4v) is 3.72. The Morgan fingerprint density at radius 2 is 1.72 bits per heavy atom. The molecule has 1 aromatic heterocycles. The van der Waals surface area contributed by atoms with Crippen LogP contribution in [0, 0.1) is 0 Å². The molecule has 4 rings (SSSR count). The van der Waals surface area contributed by atoms with Gasteiger partial charge in [-0.05, 0) is 53.6 Å². The fraction of sp³-hybridized carbons (Fsp3) is 0.0833. The molecule has 0 fully saturated rings. The first-order valence-corrected chi connectivity index (χ1v) is 10.8. The SMILES string of the molecule is O=C(Nc1cnn(Cc2cccc(Cl)c2)c1)c1ccc(COc2ccc(Cl)cc2Cl)cc1. The van der Waals surface area contributed by atoms with Gasteiger partial charge in [-0.3, -0.25) is 9.48 Å². The van der Waals surface area contributed by atoms with Gasteiger partial charge in [0.15, 0.2) is 0 Å². The number of amides is 1. The van der Waals surface area contributed by atoms with Crippen LogP contribution in [0.5, 0.6) is 5.75 Å². The highest BCUT2D eigenvalue weighted by atomic mass is 35.5. The molecule has 0 aliphatic carbocycles. The molecule has 0 saturated heterocycles. The van der Waals surface area contributed by atoms with Crippen molar-refractivity contribution in [3.63, 3.8) is 0 Å². The lowest BCUT2D eigenvalue weighted by Gasteiger charge is -2.09. The van der Waals surface area contributed by atoms with Crippen molar-refractivity contribution in [1.82, 2.24) is 9.78 Å². The van der Waals surface area contributed by atoms with Gasteiger partial charge in [-0.15, -0.1) is 0 Å². The highest BCUT2D eigenvalue weighted by Gasteiger charge is 2.09. The Balaban J connectivity index is 1.33. The molecule has 4 aromatic rings. The number of carbonyl (C=O) groups excluding carboxylic acids is 1. The van der Waals surface area contributed by atoms with Crippen LogP contribution in [-0.4, -0.2) is 15.7 Å². The minimum atomic E-state index is -0.222. The van der Waals surface area contributed by atoms with Crippen LogP contribution in [0.2, 0.25) is 15.1 Å². The standard InChI is InChI=1S/C24H18Cl3N3O2/c25-19-3-1-2-17(10-19)13-30-14-21(12-28-30)29-24(31)18-6-4-16(5-7-18)15-32-23-9-8-20(26)11-22(23)27/h1-12,14H,13,15H2,(H,29,31). The molecule has 0 aliphatic rings. The molecule has 8 heteroatoms. The molecule has 0 unspecified atom stereocenters. The first kappa shape index (κ1) is 22.2. The summed E-state index contributed by atoms with van der Waals surface area (Å²) in [5.41, 5.74) is 3.07. The fourth-order valence-electron chi connectivity index (χ4n) is 3.05. The summed E-state index contributed by atoms with van der Waals surface area (Å²) in [4.78, 5) is 12.6. The van der Waals surface area contributed by atoms with Gasteiger partial charge in [0.05, 0.1) is 23.5 Å². The van der Waals surface area contributed by atoms with E-state index in [1.807, 2.05) is 36.4 Å². The summed E-state index contributed by atoms with van der Waals surface area (Å²) in [7, 11) is 0. The zero-order valence-electron chi connectivity index (χ0n) is 16.8. The first-order chi connectivity index (χ1) is 15.5. The normalized spacial score (nSPS) is 10.7. The quantitative estimate of drug-likeness (QED) is 0.315. The van der Waals surface area contributed by atoms with Crippen molar-refractivity contribution in [1.29, 1.82) is 0 Å². The Labute approximate surface area is 200 Å². The zero-order chi connectivity index (χ0) is 22.5. The topological polar surface area (TPSA) is 56.2 Å². The number of nitrogens with one attached hydrogen (secondary N) is 1. The summed E-state index contributed by atoms with van der Waals surface area (Å²) in [5, 5.41) is 8.82. The molecule has 1 N–H and O–H groups in total. The molecule has 0 aliphatic heterocycles. The number of nitrogens with zero attached hydrogens (tertiary/aromatic N) is 2. The smallest absolute Gasteiger partial charge is 0.255 e. The maximum atomic E-state index is 12.6. The maximum absolute atomic E-state index is 12.6. The van der Waals surface area contributed by atoms with Crippen LogP contribution in [0.25, 0.3) is 0 Å². The van der Waals surface area contributed by atoms with E-state index >= 15 is 0 Å². The van der Waals surface area contributed by atoms with E-state index in [0.717, 1.165) is 11.1 Å². The van der Waals surface area contributed by atoms with Gasteiger partial charge in [0.1, 0.15) is 12.4 Å². The van der Waals surface area contributed by atoms with Gasteiger partial charge < -0.3 is 10.1 Å². The summed E-state index contributed by atoms with van der Waals surface area (Å²) in [5.74, 6) is 0.327. The Morgan fingerprint density at radius 3 is 2.47 bits per heavy atom. The molecule has 0 atom stereocenters. The number of hydrogen-bond acceptors (Lipinski definition) is 3. The van der Waals surface area contributed by atoms with Gasteiger partial charge in [-0.2, -0.15) is 5.10 Å². The van der Waals surface area contributed by atoms with Crippen molar-refractivity contribution >= 4 is 46.4 Å². The van der Waals surface area contributed by atoms with E-state index in [4.69, 9.17) is 39.5 Å². The number of anilines is 1. The van der Waals surface area contributed by atoms with Crippen molar-refractivity contribution in [3.05, 3.63) is 111 Å². The molecule has 0 spiro atoms. The molecule has 0 saturated carbocycles. The minimum absolute atomic E-state index is 0.222. The van der Waals surface area contributed by atoms with Gasteiger partial charge in [-0.1, -0.05) is 59.1 Å². The van der Waals surface area contributed by atoms with E-state index in [1.165, 1.54) is 0 Å². The second-order valence-electron chi connectivity index (χ2n) is 7.07. The number of hydrogen-bond donors (Lipinski definition) is 1. The maximum Gasteiger partial charge on any atom is 0.255 e. The molecule has 1 amide bonds. The Morgan fingerprint density at radius 1 is 0.938 bits per heavy atom. The third-order valence-electron chi connectivity index (χ3n) is 4.63. The van der Waals surface area contributed by atoms with Crippen molar-refractivity contribution in [2.24, 2.45) is 0 Å². The van der Waals surface area contributed by atoms with Crippen LogP contribution in [0.15, 0.2) is 79.1 Å². The number of benzene rings is 3. The lowest BCUT2D eigenvalue weighted by Crippen LogP contribution is -2.11. The number of carbonyl (C=O) groups is 1. The second-order valence-corrected chi connectivity index (χ2v) is 8.35. The van der Waals surface area contributed by atoms with Crippen LogP contribution < -0.4 is 10.1 Å². The van der Waals surface area contributed by atoms with Crippen LogP contribution >= 0.6 is 34.8 Å². The highest BCUT2D eigenvalue weighted by Crippen LogP contribution is 2.28. The molecule has 5 nitrogen and oxygen atoms in total. The third kappa shape index (κ3) is 5.82. The van der Waals surface area contributed by atoms with Crippen LogP contribution in [0.4, 0.5) is 5.69 Å². The Kier molecular flexibility index (Phi) is 7.00. The summed E-state index contributed by atoms with van der Waals surface area (Å²) in [6.45, 7) is 0.877. The molecular formula is C24H18Cl3N3O2. The van der Waals surface area contributed by atoms with Gasteiger partial charge >= 0.3 is 0 Å². The van der Waals surface area contributed by atoms with E-state index < -0.39 is 0 Å². The number of halogens is 3. The molecule has 1 heterocycles. The van der Waals surface area contributed by atoms with E-state index in [0.29, 0.717) is 45.2 Å². The Bertz CT molecular complexity index is 1240. The van der Waals surface area contributed by atoms with Crippen molar-refractivity contribution < 1.29 is 9.53 Å². The van der Waals surface area contributed by atoms with Crippen molar-refractivity contribution in [3.8, 4) is 5.75 Å². The zero-order valence-corrected chi connectivity index (χ0v) is 19.0. The number of aromatic nitrogens is 2. The molecule has 0 radical (unpaired) electrons. The van der Waals surface area contributed by atoms with E-state index in [2.05, 4.69) is 10.4 Å². The van der Waals surface area contributed by atoms with Gasteiger partial charge in [0.2, 0.25) is 0 Å². The van der Waals surface area contributed by atoms with Gasteiger partial charge in [-0.25, -0.2) is 0 Å². The summed E-state index contributed by atoms with van der Waals surface area (Å²) in [6, 6.07) is 19.8. The average molecular weight is 487 g/mol. The van der Waals surface area contributed by atoms with Crippen molar-refractivity contribution in [2.75, 3.05) is 5.32 Å². The van der Waals surface area contributed by atoms with E-state index in [9.17, 15) is 4.79 Å². The molecular weight excluding hydrogens is 469 g/mol. The van der Waals surface area contributed by atoms with E-state index in [-0.39, 0.29) is 5.91 Å². The second kappa shape index (κ2) is 10.1. The average Bonchev–Trinajstić information content (AvgIpc) is 3.20. The third-order valence-corrected chi connectivity index (χ3v) is 5.39. The molecule has 32 heavy (non-hydrogen) atoms. The summed E-state index contributed by atoms with van der Waals surface area (Å²) >= 11 is 18.0. The highest BCUT2D eigenvalue weighted by molar-refractivity contribution is 6.35. The summed E-state index contributed by atoms with van der Waals surface area (Å²) < 4.78 is 7.46. The van der Waals surface area contributed by atoms with Crippen LogP contribution in [0.1, 0.15) is 21.5 Å². The number of rotatable bonds is 7. The lowest BCUT2D eigenvalue weighted by molar-refractivity contribution is 0.102. The Hall–Kier alpha value is -2.99. The van der Waals surface area contributed by atoms with E-state index in [1.54, 1.807) is 47.4 Å². The summed E-state index contributed by atoms with van der Waals surface area (Å²) in [6.07, 6.45) is 3.39. The molecule has 162 valence electrons. The van der Waals surface area contributed by atoms with Crippen LogP contribution in [-0.2, 0) is 13.2 Å². The van der Waals surface area contributed by atoms with Gasteiger partial charge in [0.25, 0.3) is 5.91 Å². The first-order valence-electron chi connectivity index (χ1n) is 9.71. The number of ether oxygens (including phenoxy) is 1. The predicted octanol–water partition coefficient (Wildman–Crippen LogP) is 6.72.